The van der Waals surface area contributed by atoms with Gasteiger partial charge < -0.3 is 14.7 Å². The van der Waals surface area contributed by atoms with Crippen molar-refractivity contribution >= 4 is 0 Å². The third-order valence-electron chi connectivity index (χ3n) is 3.73. The van der Waals surface area contributed by atoms with E-state index >= 15 is 0 Å². The highest BCUT2D eigenvalue weighted by molar-refractivity contribution is 5.47. The summed E-state index contributed by atoms with van der Waals surface area (Å²) in [5.41, 5.74) is 0.544. The molecule has 1 aliphatic heterocycles. The van der Waals surface area contributed by atoms with Crippen molar-refractivity contribution in [1.82, 2.24) is 4.90 Å². The Morgan fingerprint density at radius 1 is 1.30 bits per heavy atom. The molecule has 20 heavy (non-hydrogen) atoms. The van der Waals surface area contributed by atoms with E-state index in [1.807, 2.05) is 0 Å². The van der Waals surface area contributed by atoms with Crippen LogP contribution in [0.5, 0.6) is 11.5 Å². The smallest absolute Gasteiger partial charge is 0.504 e. The Morgan fingerprint density at radius 3 is 2.50 bits per heavy atom. The molecule has 1 saturated heterocycles. The zero-order valence-corrected chi connectivity index (χ0v) is 11.3. The van der Waals surface area contributed by atoms with E-state index in [2.05, 4.69) is 16.6 Å². The van der Waals surface area contributed by atoms with Crippen molar-refractivity contribution in [3.8, 4) is 11.5 Å². The molecule has 0 saturated carbocycles. The standard InChI is InChI=1S/C14H18F3NO2/c1-2-18-8-6-10(7-9-18)11-4-3-5-12(13(11)19)20-14(15,16)17/h3-5,10,19H,2,6-9H2,1H3. The topological polar surface area (TPSA) is 32.7 Å². The van der Waals surface area contributed by atoms with Crippen LogP contribution >= 0.6 is 0 Å². The first kappa shape index (κ1) is 15.0. The lowest BCUT2D eigenvalue weighted by molar-refractivity contribution is -0.275. The zero-order chi connectivity index (χ0) is 14.8. The van der Waals surface area contributed by atoms with Crippen LogP contribution in [0, 0.1) is 0 Å². The van der Waals surface area contributed by atoms with E-state index in [0.29, 0.717) is 5.56 Å². The maximum absolute atomic E-state index is 12.3. The summed E-state index contributed by atoms with van der Waals surface area (Å²) in [7, 11) is 0. The van der Waals surface area contributed by atoms with Gasteiger partial charge in [-0.15, -0.1) is 13.2 Å². The number of piperidine rings is 1. The van der Waals surface area contributed by atoms with Gasteiger partial charge in [0.05, 0.1) is 0 Å². The lowest BCUT2D eigenvalue weighted by Crippen LogP contribution is -2.32. The molecule has 6 heteroatoms. The number of phenols is 1. The molecule has 0 amide bonds. The fourth-order valence-corrected chi connectivity index (χ4v) is 2.64. The third-order valence-corrected chi connectivity index (χ3v) is 3.73. The predicted octanol–water partition coefficient (Wildman–Crippen LogP) is 3.49. The highest BCUT2D eigenvalue weighted by atomic mass is 19.4. The number of para-hydroxylation sites is 1. The van der Waals surface area contributed by atoms with E-state index in [0.717, 1.165) is 38.5 Å². The number of alkyl halides is 3. The molecule has 1 heterocycles. The SMILES string of the molecule is CCN1CCC(c2cccc(OC(F)(F)F)c2O)CC1. The van der Waals surface area contributed by atoms with Crippen LogP contribution in [-0.2, 0) is 0 Å². The molecular formula is C14H18F3NO2. The molecule has 0 atom stereocenters. The molecule has 0 aromatic heterocycles. The molecule has 0 spiro atoms. The van der Waals surface area contributed by atoms with Crippen LogP contribution in [0.2, 0.25) is 0 Å². The van der Waals surface area contributed by atoms with Gasteiger partial charge in [0.15, 0.2) is 11.5 Å². The molecule has 1 aliphatic rings. The van der Waals surface area contributed by atoms with Gasteiger partial charge >= 0.3 is 6.36 Å². The number of nitrogens with zero attached hydrogens (tertiary/aromatic N) is 1. The summed E-state index contributed by atoms with van der Waals surface area (Å²) in [6.07, 6.45) is -3.13. The number of rotatable bonds is 3. The minimum atomic E-state index is -4.79. The van der Waals surface area contributed by atoms with Crippen molar-refractivity contribution in [2.75, 3.05) is 19.6 Å². The van der Waals surface area contributed by atoms with Crippen LogP contribution in [0.15, 0.2) is 18.2 Å². The third kappa shape index (κ3) is 3.56. The fraction of sp³-hybridized carbons (Fsp3) is 0.571. The second kappa shape index (κ2) is 5.91. The summed E-state index contributed by atoms with van der Waals surface area (Å²) in [5, 5.41) is 9.99. The average Bonchev–Trinajstić information content (AvgIpc) is 2.40. The number of ether oxygens (including phenoxy) is 1. The number of benzene rings is 1. The lowest BCUT2D eigenvalue weighted by Gasteiger charge is -2.31. The fourth-order valence-electron chi connectivity index (χ4n) is 2.64. The number of hydrogen-bond acceptors (Lipinski definition) is 3. The van der Waals surface area contributed by atoms with Gasteiger partial charge in [0.2, 0.25) is 0 Å². The molecule has 1 fully saturated rings. The molecule has 0 radical (unpaired) electrons. The second-order valence-corrected chi connectivity index (χ2v) is 4.95. The van der Waals surface area contributed by atoms with Crippen LogP contribution in [0.25, 0.3) is 0 Å². The van der Waals surface area contributed by atoms with Gasteiger partial charge in [-0.3, -0.25) is 0 Å². The largest absolute Gasteiger partial charge is 0.573 e. The normalized spacial score (nSPS) is 18.2. The van der Waals surface area contributed by atoms with Gasteiger partial charge in [0.25, 0.3) is 0 Å². The average molecular weight is 289 g/mol. The van der Waals surface area contributed by atoms with E-state index in [9.17, 15) is 18.3 Å². The lowest BCUT2D eigenvalue weighted by atomic mass is 9.88. The van der Waals surface area contributed by atoms with E-state index in [1.165, 1.54) is 6.07 Å². The molecule has 0 unspecified atom stereocenters. The van der Waals surface area contributed by atoms with Gasteiger partial charge in [-0.2, -0.15) is 0 Å². The summed E-state index contributed by atoms with van der Waals surface area (Å²) in [4.78, 5) is 2.28. The van der Waals surface area contributed by atoms with Gasteiger partial charge in [-0.05, 0) is 44.5 Å². The second-order valence-electron chi connectivity index (χ2n) is 4.95. The van der Waals surface area contributed by atoms with Crippen LogP contribution in [0.3, 0.4) is 0 Å². The van der Waals surface area contributed by atoms with Crippen molar-refractivity contribution in [3.63, 3.8) is 0 Å². The highest BCUT2D eigenvalue weighted by Gasteiger charge is 2.33. The maximum atomic E-state index is 12.3. The van der Waals surface area contributed by atoms with Gasteiger partial charge in [0.1, 0.15) is 0 Å². The van der Waals surface area contributed by atoms with Crippen LogP contribution in [0.4, 0.5) is 13.2 Å². The molecule has 112 valence electrons. The summed E-state index contributed by atoms with van der Waals surface area (Å²) >= 11 is 0. The van der Waals surface area contributed by atoms with E-state index in [1.54, 1.807) is 6.07 Å². The monoisotopic (exact) mass is 289 g/mol. The van der Waals surface area contributed by atoms with Gasteiger partial charge in [0, 0.05) is 5.56 Å². The molecule has 3 nitrogen and oxygen atoms in total. The Morgan fingerprint density at radius 2 is 1.95 bits per heavy atom. The van der Waals surface area contributed by atoms with Crippen LogP contribution in [0.1, 0.15) is 31.2 Å². The van der Waals surface area contributed by atoms with Crippen LogP contribution < -0.4 is 4.74 Å². The first-order valence-electron chi connectivity index (χ1n) is 6.70. The molecular weight excluding hydrogens is 271 g/mol. The molecule has 2 rings (SSSR count). The van der Waals surface area contributed by atoms with Crippen molar-refractivity contribution in [2.24, 2.45) is 0 Å². The number of likely N-dealkylation sites (tertiary alicyclic amines) is 1. The molecule has 1 aromatic carbocycles. The van der Waals surface area contributed by atoms with Gasteiger partial charge in [-0.1, -0.05) is 19.1 Å². The number of aromatic hydroxyl groups is 1. The summed E-state index contributed by atoms with van der Waals surface area (Å²) in [6, 6.07) is 4.29. The first-order valence-corrected chi connectivity index (χ1v) is 6.70. The van der Waals surface area contributed by atoms with E-state index in [-0.39, 0.29) is 11.7 Å². The summed E-state index contributed by atoms with van der Waals surface area (Å²) < 4.78 is 40.6. The number of hydrogen-bond donors (Lipinski definition) is 1. The number of phenolic OH excluding ortho intramolecular Hbond substituents is 1. The zero-order valence-electron chi connectivity index (χ0n) is 11.3. The Kier molecular flexibility index (Phi) is 4.42. The molecule has 0 aliphatic carbocycles. The van der Waals surface area contributed by atoms with Crippen molar-refractivity contribution in [3.05, 3.63) is 23.8 Å². The Hall–Kier alpha value is -1.43. The summed E-state index contributed by atoms with van der Waals surface area (Å²) in [6.45, 7) is 4.83. The Labute approximate surface area is 116 Å². The summed E-state index contributed by atoms with van der Waals surface area (Å²) in [5.74, 6) is -0.831. The predicted molar refractivity (Wildman–Crippen MR) is 68.9 cm³/mol. The van der Waals surface area contributed by atoms with Crippen molar-refractivity contribution in [1.29, 1.82) is 0 Å². The van der Waals surface area contributed by atoms with E-state index < -0.39 is 12.1 Å². The highest BCUT2D eigenvalue weighted by Crippen LogP contribution is 2.40. The van der Waals surface area contributed by atoms with Gasteiger partial charge in [-0.25, -0.2) is 0 Å². The Bertz CT molecular complexity index is 454. The first-order chi connectivity index (χ1) is 9.40. The molecule has 1 N–H and O–H groups in total. The van der Waals surface area contributed by atoms with E-state index in [4.69, 9.17) is 0 Å². The van der Waals surface area contributed by atoms with Crippen molar-refractivity contribution in [2.45, 2.75) is 32.0 Å². The quantitative estimate of drug-likeness (QED) is 0.924. The van der Waals surface area contributed by atoms with Crippen molar-refractivity contribution < 1.29 is 23.0 Å². The molecule has 0 bridgehead atoms. The maximum Gasteiger partial charge on any atom is 0.573 e. The molecule has 1 aromatic rings. The number of halogens is 3. The Balaban J connectivity index is 2.15. The van der Waals surface area contributed by atoms with Crippen LogP contribution in [-0.4, -0.2) is 36.0 Å². The minimum Gasteiger partial charge on any atom is -0.504 e. The minimum absolute atomic E-state index is 0.0783.